The van der Waals surface area contributed by atoms with Gasteiger partial charge in [-0.3, -0.25) is 0 Å². The Morgan fingerprint density at radius 3 is 1.09 bits per heavy atom. The second-order valence-electron chi connectivity index (χ2n) is 7.70. The molecule has 0 saturated heterocycles. The average molecular weight is 492 g/mol. The normalized spacial score (nSPS) is 10.9. The summed E-state index contributed by atoms with van der Waals surface area (Å²) in [6, 6.07) is 23.7. The van der Waals surface area contributed by atoms with E-state index in [0.29, 0.717) is 0 Å². The minimum atomic E-state index is -3.04. The van der Waals surface area contributed by atoms with Gasteiger partial charge in [0.2, 0.25) is 0 Å². The van der Waals surface area contributed by atoms with Crippen molar-refractivity contribution in [2.45, 2.75) is 26.5 Å². The van der Waals surface area contributed by atoms with Crippen LogP contribution in [0.1, 0.15) is 20.8 Å². The minimum absolute atomic E-state index is 0.130. The third-order valence-electron chi connectivity index (χ3n) is 5.05. The molecular formula is C25H27AsN3O3+. The number of anilines is 3. The van der Waals surface area contributed by atoms with Gasteiger partial charge in [-0.05, 0) is 0 Å². The van der Waals surface area contributed by atoms with Crippen molar-refractivity contribution in [3.8, 4) is 0 Å². The Labute approximate surface area is 190 Å². The summed E-state index contributed by atoms with van der Waals surface area (Å²) in [5, 5.41) is 8.61. The molecule has 0 aliphatic carbocycles. The first kappa shape index (κ1) is 23.3. The summed E-state index contributed by atoms with van der Waals surface area (Å²) < 4.78 is 3.36. The van der Waals surface area contributed by atoms with E-state index in [2.05, 4.69) is 39.9 Å². The molecule has 3 N–H and O–H groups in total. The molecule has 0 unspecified atom stereocenters. The van der Waals surface area contributed by atoms with Crippen molar-refractivity contribution < 1.29 is 14.4 Å². The topological polar surface area (TPSA) is 87.3 Å². The van der Waals surface area contributed by atoms with Gasteiger partial charge in [-0.25, -0.2) is 0 Å². The molecule has 0 bridgehead atoms. The molecule has 0 saturated carbocycles. The van der Waals surface area contributed by atoms with Crippen molar-refractivity contribution in [2.24, 2.45) is 0 Å². The second kappa shape index (κ2) is 9.84. The van der Waals surface area contributed by atoms with E-state index in [0.717, 1.165) is 30.1 Å². The maximum absolute atomic E-state index is 11.6. The van der Waals surface area contributed by atoms with Gasteiger partial charge in [0, 0.05) is 0 Å². The summed E-state index contributed by atoms with van der Waals surface area (Å²) in [5.41, 5.74) is 4.46. The molecule has 164 valence electrons. The molecule has 3 rings (SSSR count). The Balaban J connectivity index is 2.21. The molecule has 6 nitrogen and oxygen atoms in total. The Bertz CT molecular complexity index is 1030. The van der Waals surface area contributed by atoms with E-state index < -0.39 is 13.6 Å². The van der Waals surface area contributed by atoms with Crippen molar-refractivity contribution in [1.82, 2.24) is 0 Å². The van der Waals surface area contributed by atoms with Gasteiger partial charge in [-0.15, -0.1) is 0 Å². The number of benzene rings is 3. The molecule has 3 amide bonds. The van der Waals surface area contributed by atoms with E-state index in [9.17, 15) is 14.4 Å². The fourth-order valence-corrected chi connectivity index (χ4v) is 10.4. The molecule has 0 fully saturated rings. The number of hydrogen-bond acceptors (Lipinski definition) is 3. The Kier molecular flexibility index (Phi) is 7.16. The van der Waals surface area contributed by atoms with Crippen molar-refractivity contribution in [1.29, 1.82) is 0 Å². The van der Waals surface area contributed by atoms with Gasteiger partial charge < -0.3 is 0 Å². The van der Waals surface area contributed by atoms with Crippen LogP contribution in [0.3, 0.4) is 0 Å². The van der Waals surface area contributed by atoms with Crippen LogP contribution in [0, 0.1) is 0 Å². The number of carbonyl (C=O) groups excluding carboxylic acids is 3. The molecule has 0 aliphatic rings. The molecule has 0 atom stereocenters. The van der Waals surface area contributed by atoms with E-state index in [1.165, 1.54) is 20.8 Å². The first-order chi connectivity index (χ1) is 15.2. The van der Waals surface area contributed by atoms with Gasteiger partial charge in [0.1, 0.15) is 0 Å². The van der Waals surface area contributed by atoms with E-state index >= 15 is 0 Å². The monoisotopic (exact) mass is 492 g/mol. The molecule has 0 heterocycles. The molecule has 7 heteroatoms. The van der Waals surface area contributed by atoms with Gasteiger partial charge in [0.15, 0.2) is 0 Å². The summed E-state index contributed by atoms with van der Waals surface area (Å²) in [4.78, 5) is 34.9. The standard InChI is InChI=1S/C25H26AsN3O3/c1-17(30)27-23-11-5-8-20(14-23)26(4,21-9-6-12-24(15-21)28-18(2)31)22-10-7-13-25(16-22)29-19(3)32/h5-16H,1-4H3,(H2-,27,28,29,30,31,32)/p+1. The van der Waals surface area contributed by atoms with Crippen molar-refractivity contribution in [3.05, 3.63) is 72.8 Å². The number of hydrogen-bond donors (Lipinski definition) is 3. The van der Waals surface area contributed by atoms with Crippen LogP contribution in [0.5, 0.6) is 0 Å². The first-order valence-electron chi connectivity index (χ1n) is 10.2. The Morgan fingerprint density at radius 1 is 0.562 bits per heavy atom. The zero-order valence-electron chi connectivity index (χ0n) is 18.6. The summed E-state index contributed by atoms with van der Waals surface area (Å²) in [7, 11) is 0. The summed E-state index contributed by atoms with van der Waals surface area (Å²) in [6.45, 7) is 4.46. The molecule has 0 spiro atoms. The Morgan fingerprint density at radius 2 is 0.844 bits per heavy atom. The van der Waals surface area contributed by atoms with Crippen LogP contribution in [0.25, 0.3) is 0 Å². The average Bonchev–Trinajstić information content (AvgIpc) is 2.72. The summed E-state index contributed by atoms with van der Waals surface area (Å²) in [5.74, 6) is -0.389. The quantitative estimate of drug-likeness (QED) is 0.463. The zero-order chi connectivity index (χ0) is 23.3. The van der Waals surface area contributed by atoms with Gasteiger partial charge in [0.05, 0.1) is 0 Å². The predicted octanol–water partition coefficient (Wildman–Crippen LogP) is 2.66. The van der Waals surface area contributed by atoms with Gasteiger partial charge >= 0.3 is 191 Å². The molecule has 3 aromatic carbocycles. The Hall–Kier alpha value is -3.37. The molecular weight excluding hydrogens is 465 g/mol. The van der Waals surface area contributed by atoms with Crippen molar-refractivity contribution in [3.63, 3.8) is 0 Å². The third kappa shape index (κ3) is 5.45. The fraction of sp³-hybridized carbons (Fsp3) is 0.160. The number of rotatable bonds is 6. The molecule has 3 aromatic rings. The third-order valence-corrected chi connectivity index (χ3v) is 13.3. The number of amides is 3. The van der Waals surface area contributed by atoms with E-state index in [4.69, 9.17) is 0 Å². The van der Waals surface area contributed by atoms with Crippen LogP contribution in [0.4, 0.5) is 17.1 Å². The zero-order valence-corrected chi connectivity index (χ0v) is 20.5. The molecule has 0 aliphatic heterocycles. The molecule has 0 radical (unpaired) electrons. The van der Waals surface area contributed by atoms with Gasteiger partial charge in [0.25, 0.3) is 0 Å². The van der Waals surface area contributed by atoms with E-state index in [1.807, 2.05) is 54.6 Å². The summed E-state index contributed by atoms with van der Waals surface area (Å²) >= 11 is -3.04. The van der Waals surface area contributed by atoms with Crippen LogP contribution in [-0.4, -0.2) is 31.3 Å². The number of nitrogens with one attached hydrogen (secondary N) is 3. The maximum atomic E-state index is 11.6. The molecule has 0 aromatic heterocycles. The van der Waals surface area contributed by atoms with Crippen molar-refractivity contribution >= 4 is 61.4 Å². The fourth-order valence-electron chi connectivity index (χ4n) is 3.64. The van der Waals surface area contributed by atoms with Gasteiger partial charge in [-0.2, -0.15) is 0 Å². The van der Waals surface area contributed by atoms with Crippen LogP contribution in [0.2, 0.25) is 5.71 Å². The second-order valence-corrected chi connectivity index (χ2v) is 15.2. The van der Waals surface area contributed by atoms with Crippen LogP contribution in [0.15, 0.2) is 72.8 Å². The first-order valence-corrected chi connectivity index (χ1v) is 14.9. The summed E-state index contributed by atoms with van der Waals surface area (Å²) in [6.07, 6.45) is 0. The van der Waals surface area contributed by atoms with Crippen LogP contribution < -0.4 is 29.0 Å². The van der Waals surface area contributed by atoms with E-state index in [1.54, 1.807) is 0 Å². The SMILES string of the molecule is CC(=O)Nc1cccc([As+](C)(c2cccc(NC(C)=O)c2)c2cccc(NC(C)=O)c2)c1. The number of carbonyl (C=O) groups is 3. The predicted molar refractivity (Wildman–Crippen MR) is 133 cm³/mol. The molecule has 32 heavy (non-hydrogen) atoms. The van der Waals surface area contributed by atoms with Crippen LogP contribution >= 0.6 is 0 Å². The van der Waals surface area contributed by atoms with Crippen LogP contribution in [-0.2, 0) is 14.4 Å². The van der Waals surface area contributed by atoms with Crippen molar-refractivity contribution in [2.75, 3.05) is 16.0 Å². The van der Waals surface area contributed by atoms with Gasteiger partial charge in [-0.1, -0.05) is 0 Å². The van der Waals surface area contributed by atoms with E-state index in [-0.39, 0.29) is 17.7 Å².